The Kier molecular flexibility index (Phi) is 7.63. The lowest BCUT2D eigenvalue weighted by Gasteiger charge is -2.42. The molecule has 4 aromatic rings. The van der Waals surface area contributed by atoms with Crippen LogP contribution in [0.5, 0.6) is 6.01 Å². The molecule has 0 radical (unpaired) electrons. The number of hydrogen-bond acceptors (Lipinski definition) is 12. The van der Waals surface area contributed by atoms with Crippen LogP contribution in [0.15, 0.2) is 6.20 Å². The van der Waals surface area contributed by atoms with E-state index in [4.69, 9.17) is 25.2 Å². The summed E-state index contributed by atoms with van der Waals surface area (Å²) in [7, 11) is 0. The summed E-state index contributed by atoms with van der Waals surface area (Å²) in [4.78, 5) is 20.8. The van der Waals surface area contributed by atoms with Gasteiger partial charge in [0.2, 0.25) is 0 Å². The van der Waals surface area contributed by atoms with Gasteiger partial charge in [-0.25, -0.2) is 13.2 Å². The number of pyridine rings is 1. The summed E-state index contributed by atoms with van der Waals surface area (Å²) >= 11 is 0.926. The number of benzene rings is 1. The molecule has 9 rings (SSSR count). The highest BCUT2D eigenvalue weighted by Gasteiger charge is 2.50. The lowest BCUT2D eigenvalue weighted by atomic mass is 9.93. The van der Waals surface area contributed by atoms with E-state index >= 15 is 8.78 Å². The smallest absolute Gasteiger partial charge is 0.319 e. The summed E-state index contributed by atoms with van der Waals surface area (Å²) in [5.41, 5.74) is 7.18. The minimum atomic E-state index is -0.937. The number of β-amino-alcohol motifs (C(OH)–C–C–N with tert-alkyl or cyclic N) is 1. The molecule has 5 aliphatic heterocycles. The predicted octanol–water partition coefficient (Wildman–Crippen LogP) is 4.66. The maximum absolute atomic E-state index is 17.5. The topological polar surface area (TPSA) is 137 Å². The van der Waals surface area contributed by atoms with E-state index in [1.54, 1.807) is 6.92 Å². The van der Waals surface area contributed by atoms with Crippen LogP contribution in [0.4, 0.5) is 24.0 Å². The van der Waals surface area contributed by atoms with Crippen molar-refractivity contribution in [3.05, 3.63) is 34.5 Å². The maximum atomic E-state index is 17.5. The van der Waals surface area contributed by atoms with Gasteiger partial charge in [0, 0.05) is 55.6 Å². The Morgan fingerprint density at radius 3 is 2.72 bits per heavy atom. The van der Waals surface area contributed by atoms with E-state index in [-0.39, 0.29) is 75.3 Å². The monoisotopic (exact) mass is 706 g/mol. The summed E-state index contributed by atoms with van der Waals surface area (Å²) in [6.45, 7) is 5.37. The van der Waals surface area contributed by atoms with E-state index in [1.807, 2.05) is 0 Å². The molecule has 262 valence electrons. The third kappa shape index (κ3) is 4.86. The van der Waals surface area contributed by atoms with Crippen LogP contribution in [-0.2, 0) is 18.0 Å². The Balaban J connectivity index is 1.24. The van der Waals surface area contributed by atoms with Gasteiger partial charge >= 0.3 is 6.01 Å². The molecular formula is C35H37F3N8O3S. The molecular weight excluding hydrogens is 669 g/mol. The SMILES string of the molecule is C[C@@H](O)CN1CC2CCC(C1)N2c1nc(OC[C@@]23CCCN2C[C@@H](F)C3)nc2c(F)c(-c3ncc(F)c4sc(N)c(C#N)c34)c3c(c12)COC3. The number of alkyl halides is 1. The third-order valence-electron chi connectivity index (χ3n) is 11.4. The zero-order valence-corrected chi connectivity index (χ0v) is 28.4. The largest absolute Gasteiger partial charge is 0.461 e. The second-order valence-corrected chi connectivity index (χ2v) is 15.6. The molecule has 4 fully saturated rings. The van der Waals surface area contributed by atoms with E-state index in [0.29, 0.717) is 54.9 Å². The Labute approximate surface area is 290 Å². The average molecular weight is 707 g/mol. The van der Waals surface area contributed by atoms with Gasteiger partial charge in [-0.1, -0.05) is 0 Å². The normalized spacial score (nSPS) is 27.0. The number of nitrogen functional groups attached to an aromatic ring is 1. The number of ether oxygens (including phenoxy) is 2. The van der Waals surface area contributed by atoms with Crippen LogP contribution in [0.25, 0.3) is 32.2 Å². The fraction of sp³-hybridized carbons (Fsp3) is 0.543. The first-order valence-electron chi connectivity index (χ1n) is 17.3. The van der Waals surface area contributed by atoms with E-state index < -0.39 is 29.4 Å². The van der Waals surface area contributed by atoms with Crippen LogP contribution in [-0.4, -0.2) is 99.1 Å². The van der Waals surface area contributed by atoms with Crippen LogP contribution >= 0.6 is 11.3 Å². The maximum Gasteiger partial charge on any atom is 0.319 e. The van der Waals surface area contributed by atoms with E-state index in [1.165, 1.54) is 0 Å². The van der Waals surface area contributed by atoms with Gasteiger partial charge in [0.05, 0.1) is 52.4 Å². The molecule has 2 bridgehead atoms. The Morgan fingerprint density at radius 2 is 1.96 bits per heavy atom. The van der Waals surface area contributed by atoms with E-state index in [0.717, 1.165) is 49.8 Å². The summed E-state index contributed by atoms with van der Waals surface area (Å²) in [5.74, 6) is -0.784. The van der Waals surface area contributed by atoms with Crippen molar-refractivity contribution in [1.82, 2.24) is 24.8 Å². The van der Waals surface area contributed by atoms with Gasteiger partial charge in [-0.05, 0) is 50.3 Å². The number of nitrogens with two attached hydrogens (primary N) is 1. The average Bonchev–Trinajstić information content (AvgIpc) is 3.88. The van der Waals surface area contributed by atoms with Crippen LogP contribution in [0.2, 0.25) is 0 Å². The number of aliphatic hydroxyl groups excluding tert-OH is 1. The summed E-state index contributed by atoms with van der Waals surface area (Å²) in [6, 6.07) is 2.19. The molecule has 50 heavy (non-hydrogen) atoms. The van der Waals surface area contributed by atoms with Crippen molar-refractivity contribution in [2.75, 3.05) is 50.0 Å². The van der Waals surface area contributed by atoms with Crippen molar-refractivity contribution in [2.45, 2.75) is 82.1 Å². The molecule has 2 unspecified atom stereocenters. The van der Waals surface area contributed by atoms with Crippen LogP contribution in [0.1, 0.15) is 55.7 Å². The number of halogens is 3. The number of fused-ring (bicyclic) bond motifs is 7. The fourth-order valence-electron chi connectivity index (χ4n) is 9.38. The molecule has 3 N–H and O–H groups in total. The number of rotatable bonds is 7. The number of hydrogen-bond donors (Lipinski definition) is 2. The molecule has 11 nitrogen and oxygen atoms in total. The molecule has 0 aliphatic carbocycles. The molecule has 4 saturated heterocycles. The number of aromatic nitrogens is 3. The molecule has 0 spiro atoms. The summed E-state index contributed by atoms with van der Waals surface area (Å²) in [6.07, 6.45) is 3.55. The number of thiophene rings is 1. The van der Waals surface area contributed by atoms with Crippen molar-refractivity contribution in [2.24, 2.45) is 0 Å². The number of nitriles is 1. The predicted molar refractivity (Wildman–Crippen MR) is 182 cm³/mol. The molecule has 3 aromatic heterocycles. The molecule has 15 heteroatoms. The van der Waals surface area contributed by atoms with Gasteiger partial charge in [0.25, 0.3) is 0 Å². The zero-order chi connectivity index (χ0) is 34.5. The lowest BCUT2D eigenvalue weighted by molar-refractivity contribution is 0.107. The van der Waals surface area contributed by atoms with Gasteiger partial charge in [0.15, 0.2) is 11.6 Å². The Bertz CT molecular complexity index is 2080. The van der Waals surface area contributed by atoms with Gasteiger partial charge < -0.3 is 25.2 Å². The van der Waals surface area contributed by atoms with Crippen molar-refractivity contribution in [1.29, 1.82) is 5.26 Å². The highest BCUT2D eigenvalue weighted by molar-refractivity contribution is 7.23. The first-order chi connectivity index (χ1) is 24.2. The summed E-state index contributed by atoms with van der Waals surface area (Å²) < 4.78 is 59.6. The molecule has 1 aromatic carbocycles. The minimum Gasteiger partial charge on any atom is -0.461 e. The second-order valence-electron chi connectivity index (χ2n) is 14.5. The lowest BCUT2D eigenvalue weighted by Crippen LogP contribution is -2.55. The third-order valence-corrected chi connectivity index (χ3v) is 12.4. The van der Waals surface area contributed by atoms with Gasteiger partial charge in [-0.2, -0.15) is 15.2 Å². The number of likely N-dealkylation sites (tertiary alicyclic amines) is 1. The fourth-order valence-corrected chi connectivity index (χ4v) is 10.3. The van der Waals surface area contributed by atoms with Gasteiger partial charge in [-0.15, -0.1) is 11.3 Å². The number of piperazine rings is 1. The minimum absolute atomic E-state index is 0.000243. The molecule has 5 atom stereocenters. The Morgan fingerprint density at radius 1 is 1.18 bits per heavy atom. The van der Waals surface area contributed by atoms with Gasteiger partial charge in [-0.3, -0.25) is 14.8 Å². The molecule has 0 amide bonds. The van der Waals surface area contributed by atoms with Gasteiger partial charge in [0.1, 0.15) is 35.2 Å². The van der Waals surface area contributed by atoms with Crippen LogP contribution in [0.3, 0.4) is 0 Å². The quantitative estimate of drug-likeness (QED) is 0.278. The first-order valence-corrected chi connectivity index (χ1v) is 18.1. The number of aliphatic hydroxyl groups is 1. The second kappa shape index (κ2) is 11.9. The van der Waals surface area contributed by atoms with Crippen LogP contribution in [0, 0.1) is 23.0 Å². The summed E-state index contributed by atoms with van der Waals surface area (Å²) in [5, 5.41) is 20.9. The standard InChI is InChI=1S/C35H37F3N8O3S/c1-17(47)10-44-12-19-3-4-20(13-44)46(19)33-27-23-15-48-14-22(23)25(29-26-21(8-39)32(40)50-31(26)24(37)9-41-29)28(38)30(27)42-34(43-33)49-16-35-5-2-6-45(35)11-18(36)7-35/h9,17-20,47H,2-7,10-16,40H2,1H3/t17-,18+,19?,20?,35+/m1/s1. The van der Waals surface area contributed by atoms with Crippen molar-refractivity contribution in [3.63, 3.8) is 0 Å². The van der Waals surface area contributed by atoms with Crippen molar-refractivity contribution < 1.29 is 27.8 Å². The van der Waals surface area contributed by atoms with E-state index in [9.17, 15) is 14.8 Å². The van der Waals surface area contributed by atoms with Crippen LogP contribution < -0.4 is 15.4 Å². The van der Waals surface area contributed by atoms with Crippen molar-refractivity contribution >= 4 is 43.1 Å². The van der Waals surface area contributed by atoms with E-state index in [2.05, 4.69) is 25.8 Å². The number of anilines is 2. The van der Waals surface area contributed by atoms with Crippen molar-refractivity contribution in [3.8, 4) is 23.3 Å². The zero-order valence-electron chi connectivity index (χ0n) is 27.6. The molecule has 5 aliphatic rings. The highest BCUT2D eigenvalue weighted by Crippen LogP contribution is 2.48. The molecule has 0 saturated carbocycles. The first kappa shape index (κ1) is 32.1. The Hall–Kier alpha value is -3.81. The molecule has 8 heterocycles. The highest BCUT2D eigenvalue weighted by atomic mass is 32.1. The number of nitrogens with zero attached hydrogens (tertiary/aromatic N) is 7.